The van der Waals surface area contributed by atoms with Gasteiger partial charge in [0, 0.05) is 7.11 Å². The fraction of sp³-hybridized carbons (Fsp3) is 0.850. The van der Waals surface area contributed by atoms with Gasteiger partial charge in [-0.1, -0.05) is 64.0 Å². The van der Waals surface area contributed by atoms with Gasteiger partial charge in [-0.3, -0.25) is 0 Å². The number of hydrogen-bond acceptors (Lipinski definition) is 2. The molecule has 3 heteroatoms. The summed E-state index contributed by atoms with van der Waals surface area (Å²) in [5.41, 5.74) is -1.02. The molecule has 0 saturated carbocycles. The predicted molar refractivity (Wildman–Crippen MR) is 97.9 cm³/mol. The van der Waals surface area contributed by atoms with Gasteiger partial charge in [0.25, 0.3) is 0 Å². The summed E-state index contributed by atoms with van der Waals surface area (Å²) < 4.78 is 5.10. The highest BCUT2D eigenvalue weighted by molar-refractivity contribution is 5.76. The molecule has 0 bridgehead atoms. The molecule has 0 aliphatic rings. The van der Waals surface area contributed by atoms with Gasteiger partial charge >= 0.3 is 5.97 Å². The third-order valence-electron chi connectivity index (χ3n) is 4.57. The summed E-state index contributed by atoms with van der Waals surface area (Å²) in [4.78, 5) is 11.1. The first-order chi connectivity index (χ1) is 11.1. The lowest BCUT2D eigenvalue weighted by molar-refractivity contribution is -0.161. The van der Waals surface area contributed by atoms with Gasteiger partial charge in [0.15, 0.2) is 5.60 Å². The third kappa shape index (κ3) is 12.3. The summed E-state index contributed by atoms with van der Waals surface area (Å²) in [5.74, 6) is -0.863. The summed E-state index contributed by atoms with van der Waals surface area (Å²) in [7, 11) is 1.47. The van der Waals surface area contributed by atoms with E-state index >= 15 is 0 Å². The van der Waals surface area contributed by atoms with Gasteiger partial charge in [0.2, 0.25) is 0 Å². The molecule has 0 rings (SSSR count). The van der Waals surface area contributed by atoms with Gasteiger partial charge in [-0.15, -0.1) is 0 Å². The quantitative estimate of drug-likeness (QED) is 0.274. The summed E-state index contributed by atoms with van der Waals surface area (Å²) in [5, 5.41) is 9.10. The Morgan fingerprint density at radius 1 is 0.913 bits per heavy atom. The van der Waals surface area contributed by atoms with Gasteiger partial charge in [-0.25, -0.2) is 4.79 Å². The number of ether oxygens (including phenoxy) is 1. The maximum atomic E-state index is 11.1. The summed E-state index contributed by atoms with van der Waals surface area (Å²) >= 11 is 0. The van der Waals surface area contributed by atoms with E-state index in [0.717, 1.165) is 19.3 Å². The average molecular weight is 327 g/mol. The molecule has 0 aromatic carbocycles. The van der Waals surface area contributed by atoms with Crippen LogP contribution in [0, 0.1) is 0 Å². The molecular weight excluding hydrogens is 288 g/mol. The van der Waals surface area contributed by atoms with Crippen molar-refractivity contribution in [2.45, 2.75) is 103 Å². The lowest BCUT2D eigenvalue weighted by Crippen LogP contribution is -2.37. The van der Waals surface area contributed by atoms with Crippen molar-refractivity contribution in [1.29, 1.82) is 0 Å². The molecule has 0 aliphatic carbocycles. The highest BCUT2D eigenvalue weighted by Gasteiger charge is 2.31. The molecule has 1 atom stereocenters. The number of allylic oxidation sites excluding steroid dienone is 2. The lowest BCUT2D eigenvalue weighted by Gasteiger charge is -2.22. The van der Waals surface area contributed by atoms with Crippen LogP contribution in [0.15, 0.2) is 12.2 Å². The van der Waals surface area contributed by atoms with Crippen molar-refractivity contribution in [3.63, 3.8) is 0 Å². The summed E-state index contributed by atoms with van der Waals surface area (Å²) in [6, 6.07) is 0. The molecule has 0 saturated heterocycles. The monoisotopic (exact) mass is 326 g/mol. The van der Waals surface area contributed by atoms with E-state index in [4.69, 9.17) is 9.84 Å². The van der Waals surface area contributed by atoms with Crippen molar-refractivity contribution in [3.8, 4) is 0 Å². The first-order valence-corrected chi connectivity index (χ1v) is 9.50. The normalized spacial score (nSPS) is 14.2. The van der Waals surface area contributed by atoms with Crippen molar-refractivity contribution in [3.05, 3.63) is 12.2 Å². The Labute approximate surface area is 143 Å². The Bertz CT molecular complexity index is 312. The van der Waals surface area contributed by atoms with Crippen LogP contribution in [0.1, 0.15) is 97.3 Å². The Kier molecular flexibility index (Phi) is 14.2. The molecule has 0 aliphatic heterocycles. The molecule has 136 valence electrons. The van der Waals surface area contributed by atoms with Crippen LogP contribution in [0.4, 0.5) is 0 Å². The topological polar surface area (TPSA) is 46.5 Å². The molecule has 1 N–H and O–H groups in total. The van der Waals surface area contributed by atoms with E-state index in [9.17, 15) is 4.79 Å². The van der Waals surface area contributed by atoms with Crippen LogP contribution in [0.2, 0.25) is 0 Å². The molecule has 0 aromatic rings. The van der Waals surface area contributed by atoms with Gasteiger partial charge in [0.1, 0.15) is 0 Å². The molecule has 0 heterocycles. The first kappa shape index (κ1) is 22.2. The number of hydrogen-bond donors (Lipinski definition) is 1. The van der Waals surface area contributed by atoms with Crippen LogP contribution >= 0.6 is 0 Å². The van der Waals surface area contributed by atoms with Crippen LogP contribution in [-0.4, -0.2) is 23.8 Å². The number of aliphatic carboxylic acids is 1. The number of rotatable bonds is 16. The Hall–Kier alpha value is -0.830. The molecule has 0 amide bonds. The van der Waals surface area contributed by atoms with E-state index in [1.165, 1.54) is 64.9 Å². The third-order valence-corrected chi connectivity index (χ3v) is 4.57. The predicted octanol–water partition coefficient (Wildman–Crippen LogP) is 6.12. The average Bonchev–Trinajstić information content (AvgIpc) is 2.54. The highest BCUT2D eigenvalue weighted by atomic mass is 16.5. The molecule has 1 unspecified atom stereocenters. The zero-order valence-corrected chi connectivity index (χ0v) is 15.6. The van der Waals surface area contributed by atoms with Crippen LogP contribution < -0.4 is 0 Å². The standard InChI is InChI=1S/C20H38O3/c1-4-5-6-7-8-9-10-11-12-13-14-15-16-17-18-20(2,23-3)19(21)22/h11-12H,4-10,13-18H2,1-3H3,(H,21,22). The maximum absolute atomic E-state index is 11.1. The number of carboxylic acid groups (broad SMARTS) is 1. The van der Waals surface area contributed by atoms with E-state index in [1.807, 2.05) is 0 Å². The van der Waals surface area contributed by atoms with Crippen molar-refractivity contribution < 1.29 is 14.6 Å². The number of carbonyl (C=O) groups is 1. The van der Waals surface area contributed by atoms with Crippen LogP contribution in [0.25, 0.3) is 0 Å². The fourth-order valence-electron chi connectivity index (χ4n) is 2.65. The van der Waals surface area contributed by atoms with Crippen LogP contribution in [-0.2, 0) is 9.53 Å². The van der Waals surface area contributed by atoms with E-state index in [2.05, 4.69) is 19.1 Å². The highest BCUT2D eigenvalue weighted by Crippen LogP contribution is 2.19. The van der Waals surface area contributed by atoms with E-state index in [1.54, 1.807) is 6.92 Å². The van der Waals surface area contributed by atoms with E-state index in [-0.39, 0.29) is 0 Å². The summed E-state index contributed by atoms with van der Waals surface area (Å²) in [6.07, 6.45) is 20.1. The Morgan fingerprint density at radius 3 is 1.87 bits per heavy atom. The Balaban J connectivity index is 3.39. The fourth-order valence-corrected chi connectivity index (χ4v) is 2.65. The van der Waals surface area contributed by atoms with E-state index in [0.29, 0.717) is 6.42 Å². The largest absolute Gasteiger partial charge is 0.479 e. The molecule has 0 radical (unpaired) electrons. The molecule has 0 fully saturated rings. The minimum absolute atomic E-state index is 0.590. The molecule has 0 spiro atoms. The SMILES string of the molecule is CCCCCCCCC=CCCCCCCC(C)(OC)C(=O)O. The van der Waals surface area contributed by atoms with Crippen molar-refractivity contribution in [2.24, 2.45) is 0 Å². The second-order valence-corrected chi connectivity index (χ2v) is 6.72. The van der Waals surface area contributed by atoms with Crippen molar-refractivity contribution in [2.75, 3.05) is 7.11 Å². The maximum Gasteiger partial charge on any atom is 0.335 e. The number of unbranched alkanes of at least 4 members (excludes halogenated alkanes) is 10. The number of methoxy groups -OCH3 is 1. The summed E-state index contributed by atoms with van der Waals surface area (Å²) in [6.45, 7) is 3.91. The molecule has 3 nitrogen and oxygen atoms in total. The van der Waals surface area contributed by atoms with Crippen LogP contribution in [0.5, 0.6) is 0 Å². The Morgan fingerprint density at radius 2 is 1.39 bits per heavy atom. The van der Waals surface area contributed by atoms with Gasteiger partial charge in [0.05, 0.1) is 0 Å². The zero-order chi connectivity index (χ0) is 17.4. The van der Waals surface area contributed by atoms with Gasteiger partial charge in [-0.2, -0.15) is 0 Å². The van der Waals surface area contributed by atoms with Crippen molar-refractivity contribution >= 4 is 5.97 Å². The molecule has 0 aromatic heterocycles. The first-order valence-electron chi connectivity index (χ1n) is 9.50. The van der Waals surface area contributed by atoms with Crippen LogP contribution in [0.3, 0.4) is 0 Å². The number of carboxylic acids is 1. The molecular formula is C20H38O3. The minimum atomic E-state index is -1.02. The van der Waals surface area contributed by atoms with Gasteiger partial charge < -0.3 is 9.84 Å². The smallest absolute Gasteiger partial charge is 0.335 e. The second-order valence-electron chi connectivity index (χ2n) is 6.72. The van der Waals surface area contributed by atoms with Gasteiger partial charge in [-0.05, 0) is 45.4 Å². The second kappa shape index (κ2) is 14.7. The van der Waals surface area contributed by atoms with Crippen molar-refractivity contribution in [1.82, 2.24) is 0 Å². The lowest BCUT2D eigenvalue weighted by atomic mass is 9.97. The molecule has 23 heavy (non-hydrogen) atoms. The minimum Gasteiger partial charge on any atom is -0.479 e. The zero-order valence-electron chi connectivity index (χ0n) is 15.6. The van der Waals surface area contributed by atoms with E-state index < -0.39 is 11.6 Å².